The number of hydrogen-bond acceptors (Lipinski definition) is 3. The largest absolute Gasteiger partial charge is 0.381 e. The second kappa shape index (κ2) is 6.07. The van der Waals surface area contributed by atoms with Crippen LogP contribution in [-0.2, 0) is 9.57 Å². The standard InChI is InChI=1S/C18H29NO2/c1-14(15-10-8-7-9-11-15)21-19-17(2,3)12-16(20-6)13-18(19,4)5/h7-11,14,16H,12-13H2,1-6H3/t14-/m1/s1. The van der Waals surface area contributed by atoms with Crippen molar-refractivity contribution in [2.24, 2.45) is 0 Å². The second-order valence-electron chi connectivity index (χ2n) is 7.34. The molecule has 118 valence electrons. The van der Waals surface area contributed by atoms with Crippen molar-refractivity contribution in [3.63, 3.8) is 0 Å². The fourth-order valence-corrected chi connectivity index (χ4v) is 3.57. The molecule has 1 atom stereocenters. The highest BCUT2D eigenvalue weighted by Crippen LogP contribution is 2.41. The van der Waals surface area contributed by atoms with E-state index in [1.807, 2.05) is 6.07 Å². The van der Waals surface area contributed by atoms with Crippen molar-refractivity contribution in [3.8, 4) is 0 Å². The summed E-state index contributed by atoms with van der Waals surface area (Å²) >= 11 is 0. The van der Waals surface area contributed by atoms with Crippen LogP contribution in [0.25, 0.3) is 0 Å². The van der Waals surface area contributed by atoms with E-state index in [9.17, 15) is 0 Å². The molecule has 1 aromatic carbocycles. The third-order valence-corrected chi connectivity index (χ3v) is 4.42. The normalized spacial score (nSPS) is 23.9. The molecule has 1 heterocycles. The third-order valence-electron chi connectivity index (χ3n) is 4.42. The van der Waals surface area contributed by atoms with Gasteiger partial charge in [0.05, 0.1) is 6.10 Å². The lowest BCUT2D eigenvalue weighted by Gasteiger charge is -2.54. The van der Waals surface area contributed by atoms with Gasteiger partial charge in [0, 0.05) is 18.2 Å². The fraction of sp³-hybridized carbons (Fsp3) is 0.667. The Labute approximate surface area is 129 Å². The molecule has 1 aliphatic rings. The summed E-state index contributed by atoms with van der Waals surface area (Å²) in [7, 11) is 1.81. The highest BCUT2D eigenvalue weighted by molar-refractivity contribution is 5.16. The molecular formula is C18H29NO2. The van der Waals surface area contributed by atoms with Crippen LogP contribution in [0, 0.1) is 0 Å². The van der Waals surface area contributed by atoms with E-state index in [-0.39, 0.29) is 17.2 Å². The van der Waals surface area contributed by atoms with Gasteiger partial charge in [-0.25, -0.2) is 0 Å². The molecule has 0 aliphatic carbocycles. The van der Waals surface area contributed by atoms with Crippen molar-refractivity contribution in [2.75, 3.05) is 7.11 Å². The average Bonchev–Trinajstić information content (AvgIpc) is 2.42. The molecular weight excluding hydrogens is 262 g/mol. The molecule has 0 unspecified atom stereocenters. The Balaban J connectivity index is 2.17. The van der Waals surface area contributed by atoms with Crippen LogP contribution in [0.3, 0.4) is 0 Å². The lowest BCUT2D eigenvalue weighted by molar-refractivity contribution is -0.314. The second-order valence-corrected chi connectivity index (χ2v) is 7.34. The van der Waals surface area contributed by atoms with Gasteiger partial charge < -0.3 is 4.74 Å². The number of piperidine rings is 1. The molecule has 0 spiro atoms. The highest BCUT2D eigenvalue weighted by Gasteiger charge is 2.47. The van der Waals surface area contributed by atoms with Crippen LogP contribution >= 0.6 is 0 Å². The molecule has 0 amide bonds. The Kier molecular flexibility index (Phi) is 4.76. The first-order valence-electron chi connectivity index (χ1n) is 7.81. The summed E-state index contributed by atoms with van der Waals surface area (Å²) in [5.74, 6) is 0. The first kappa shape index (κ1) is 16.5. The van der Waals surface area contributed by atoms with Gasteiger partial charge in [-0.2, -0.15) is 5.06 Å². The Morgan fingerprint density at radius 3 is 2.05 bits per heavy atom. The summed E-state index contributed by atoms with van der Waals surface area (Å²) in [5, 5.41) is 2.19. The van der Waals surface area contributed by atoms with Gasteiger partial charge in [-0.05, 0) is 53.0 Å². The molecule has 1 aromatic rings. The predicted molar refractivity (Wildman–Crippen MR) is 86.0 cm³/mol. The molecule has 0 saturated carbocycles. The average molecular weight is 291 g/mol. The van der Waals surface area contributed by atoms with E-state index in [0.717, 1.165) is 12.8 Å². The van der Waals surface area contributed by atoms with Crippen molar-refractivity contribution in [2.45, 2.75) is 70.7 Å². The molecule has 0 radical (unpaired) electrons. The third kappa shape index (κ3) is 3.65. The van der Waals surface area contributed by atoms with Crippen LogP contribution < -0.4 is 0 Å². The molecule has 0 aromatic heterocycles. The lowest BCUT2D eigenvalue weighted by atomic mass is 9.80. The van der Waals surface area contributed by atoms with Crippen LogP contribution in [0.5, 0.6) is 0 Å². The molecule has 0 bridgehead atoms. The molecule has 3 heteroatoms. The van der Waals surface area contributed by atoms with E-state index < -0.39 is 0 Å². The Bertz CT molecular complexity index is 438. The minimum atomic E-state index is -0.0501. The predicted octanol–water partition coefficient (Wildman–Crippen LogP) is 4.35. The van der Waals surface area contributed by atoms with E-state index >= 15 is 0 Å². The van der Waals surface area contributed by atoms with E-state index in [0.29, 0.717) is 6.10 Å². The highest BCUT2D eigenvalue weighted by atomic mass is 16.7. The summed E-state index contributed by atoms with van der Waals surface area (Å²) in [6.45, 7) is 11.1. The van der Waals surface area contributed by atoms with Crippen LogP contribution in [0.1, 0.15) is 59.1 Å². The van der Waals surface area contributed by atoms with Crippen molar-refractivity contribution in [1.82, 2.24) is 5.06 Å². The Hall–Kier alpha value is -0.900. The number of methoxy groups -OCH3 is 1. The molecule has 21 heavy (non-hydrogen) atoms. The van der Waals surface area contributed by atoms with Crippen molar-refractivity contribution in [3.05, 3.63) is 35.9 Å². The van der Waals surface area contributed by atoms with E-state index in [1.165, 1.54) is 5.56 Å². The van der Waals surface area contributed by atoms with E-state index in [4.69, 9.17) is 9.57 Å². The number of nitrogens with zero attached hydrogens (tertiary/aromatic N) is 1. The summed E-state index contributed by atoms with van der Waals surface area (Å²) < 4.78 is 5.62. The summed E-state index contributed by atoms with van der Waals surface area (Å²) in [4.78, 5) is 6.38. The summed E-state index contributed by atoms with van der Waals surface area (Å²) in [5.41, 5.74) is 1.11. The van der Waals surface area contributed by atoms with Crippen LogP contribution in [0.2, 0.25) is 0 Å². The maximum absolute atomic E-state index is 6.38. The quantitative estimate of drug-likeness (QED) is 0.823. The molecule has 1 fully saturated rings. The van der Waals surface area contributed by atoms with Gasteiger partial charge in [0.1, 0.15) is 6.10 Å². The maximum Gasteiger partial charge on any atom is 0.102 e. The number of hydroxylamine groups is 2. The SMILES string of the molecule is COC1CC(C)(C)N(O[C@H](C)c2ccccc2)C(C)(C)C1. The molecule has 2 rings (SSSR count). The minimum Gasteiger partial charge on any atom is -0.381 e. The summed E-state index contributed by atoms with van der Waals surface area (Å²) in [6.07, 6.45) is 2.30. The lowest BCUT2D eigenvalue weighted by Crippen LogP contribution is -2.61. The molecule has 0 N–H and O–H groups in total. The van der Waals surface area contributed by atoms with E-state index in [2.05, 4.69) is 63.9 Å². The molecule has 3 nitrogen and oxygen atoms in total. The van der Waals surface area contributed by atoms with Crippen molar-refractivity contribution >= 4 is 0 Å². The number of hydrogen-bond donors (Lipinski definition) is 0. The van der Waals surface area contributed by atoms with Gasteiger partial charge in [-0.15, -0.1) is 0 Å². The van der Waals surface area contributed by atoms with Gasteiger partial charge in [-0.1, -0.05) is 30.3 Å². The van der Waals surface area contributed by atoms with Gasteiger partial charge >= 0.3 is 0 Å². The van der Waals surface area contributed by atoms with Gasteiger partial charge in [-0.3, -0.25) is 4.84 Å². The van der Waals surface area contributed by atoms with Crippen LogP contribution in [0.4, 0.5) is 0 Å². The molecule has 1 saturated heterocycles. The first-order chi connectivity index (χ1) is 9.76. The summed E-state index contributed by atoms with van der Waals surface area (Å²) in [6, 6.07) is 10.4. The van der Waals surface area contributed by atoms with Gasteiger partial charge in [0.15, 0.2) is 0 Å². The number of ether oxygens (including phenoxy) is 1. The van der Waals surface area contributed by atoms with Crippen LogP contribution in [-0.4, -0.2) is 29.4 Å². The van der Waals surface area contributed by atoms with Crippen molar-refractivity contribution in [1.29, 1.82) is 0 Å². The maximum atomic E-state index is 6.38. The Morgan fingerprint density at radius 2 is 1.57 bits per heavy atom. The minimum absolute atomic E-state index is 0.0452. The zero-order valence-corrected chi connectivity index (χ0v) is 14.2. The fourth-order valence-electron chi connectivity index (χ4n) is 3.57. The van der Waals surface area contributed by atoms with E-state index in [1.54, 1.807) is 7.11 Å². The monoisotopic (exact) mass is 291 g/mol. The zero-order valence-electron chi connectivity index (χ0n) is 14.2. The van der Waals surface area contributed by atoms with Gasteiger partial charge in [0.2, 0.25) is 0 Å². The van der Waals surface area contributed by atoms with Crippen LogP contribution in [0.15, 0.2) is 30.3 Å². The van der Waals surface area contributed by atoms with Crippen molar-refractivity contribution < 1.29 is 9.57 Å². The first-order valence-corrected chi connectivity index (χ1v) is 7.81. The smallest absolute Gasteiger partial charge is 0.102 e. The number of rotatable bonds is 4. The molecule has 1 aliphatic heterocycles. The Morgan fingerprint density at radius 1 is 1.05 bits per heavy atom. The zero-order chi connectivity index (χ0) is 15.7. The topological polar surface area (TPSA) is 21.7 Å². The number of benzene rings is 1. The van der Waals surface area contributed by atoms with Gasteiger partial charge in [0.25, 0.3) is 0 Å².